The summed E-state index contributed by atoms with van der Waals surface area (Å²) < 4.78 is 2.31. The molecule has 1 aromatic heterocycles. The Balaban J connectivity index is 1.86. The topological polar surface area (TPSA) is 88.1 Å². The highest BCUT2D eigenvalue weighted by atomic mass is 16.2. The van der Waals surface area contributed by atoms with E-state index >= 15 is 0 Å². The Kier molecular flexibility index (Phi) is 4.76. The number of hydrogen-bond donors (Lipinski definition) is 0. The molecule has 0 aliphatic carbocycles. The van der Waals surface area contributed by atoms with Gasteiger partial charge in [0.1, 0.15) is 18.2 Å². The van der Waals surface area contributed by atoms with Crippen LogP contribution in [0.1, 0.15) is 28.8 Å². The van der Waals surface area contributed by atoms with E-state index in [1.807, 2.05) is 37.3 Å². The first-order valence-corrected chi connectivity index (χ1v) is 8.48. The van der Waals surface area contributed by atoms with Gasteiger partial charge in [-0.25, -0.2) is 9.36 Å². The predicted molar refractivity (Wildman–Crippen MR) is 95.7 cm³/mol. The van der Waals surface area contributed by atoms with Crippen LogP contribution >= 0.6 is 0 Å². The van der Waals surface area contributed by atoms with Crippen molar-refractivity contribution in [3.8, 4) is 6.07 Å². The van der Waals surface area contributed by atoms with Crippen molar-refractivity contribution in [3.63, 3.8) is 0 Å². The number of rotatable bonds is 4. The van der Waals surface area contributed by atoms with Crippen molar-refractivity contribution >= 4 is 5.91 Å². The number of nitrogens with zero attached hydrogens (tertiary/aromatic N) is 4. The molecule has 134 valence electrons. The van der Waals surface area contributed by atoms with Crippen LogP contribution in [0.3, 0.4) is 0 Å². The van der Waals surface area contributed by atoms with Crippen LogP contribution in [0.25, 0.3) is 0 Å². The Morgan fingerprint density at radius 2 is 1.96 bits per heavy atom. The monoisotopic (exact) mass is 352 g/mol. The molecule has 26 heavy (non-hydrogen) atoms. The molecule has 7 nitrogen and oxygen atoms in total. The highest BCUT2D eigenvalue weighted by Gasteiger charge is 2.24. The highest BCUT2D eigenvalue weighted by Crippen LogP contribution is 2.13. The summed E-state index contributed by atoms with van der Waals surface area (Å²) in [5, 5.41) is 9.28. The van der Waals surface area contributed by atoms with E-state index in [-0.39, 0.29) is 18.0 Å². The normalized spacial score (nSPS) is 12.5. The number of fused-ring (bicyclic) bond motifs is 1. The Hall–Kier alpha value is -3.14. The van der Waals surface area contributed by atoms with Gasteiger partial charge in [-0.05, 0) is 25.3 Å². The summed E-state index contributed by atoms with van der Waals surface area (Å²) in [7, 11) is 1.63. The minimum atomic E-state index is -0.678. The fourth-order valence-electron chi connectivity index (χ4n) is 3.20. The number of likely N-dealkylation sites (N-methyl/N-ethyl adjacent to an activating group) is 1. The molecule has 1 aliphatic heterocycles. The third-order valence-corrected chi connectivity index (χ3v) is 4.70. The van der Waals surface area contributed by atoms with Crippen molar-refractivity contribution in [2.45, 2.75) is 39.4 Å². The molecule has 1 aromatic carbocycles. The molecular weight excluding hydrogens is 332 g/mol. The SMILES string of the molecule is Cc1ccc(CN(C)C(=O)Cn2c(=O)c(C#N)c3n(c2=O)CCC3)cc1. The minimum Gasteiger partial charge on any atom is -0.340 e. The summed E-state index contributed by atoms with van der Waals surface area (Å²) in [5.74, 6) is -0.354. The molecule has 7 heteroatoms. The van der Waals surface area contributed by atoms with Gasteiger partial charge in [0.25, 0.3) is 5.56 Å². The first kappa shape index (κ1) is 17.7. The molecule has 0 bridgehead atoms. The third-order valence-electron chi connectivity index (χ3n) is 4.70. The molecule has 0 saturated carbocycles. The van der Waals surface area contributed by atoms with Crippen LogP contribution in [0.4, 0.5) is 0 Å². The van der Waals surface area contributed by atoms with E-state index in [1.165, 1.54) is 9.47 Å². The zero-order valence-electron chi connectivity index (χ0n) is 14.9. The molecule has 3 rings (SSSR count). The summed E-state index contributed by atoms with van der Waals surface area (Å²) >= 11 is 0. The Labute approximate surface area is 150 Å². The second-order valence-corrected chi connectivity index (χ2v) is 6.60. The molecule has 1 aliphatic rings. The fraction of sp³-hybridized carbons (Fsp3) is 0.368. The van der Waals surface area contributed by atoms with Crippen LogP contribution in [0, 0.1) is 18.3 Å². The number of carbonyl (C=O) groups excluding carboxylic acids is 1. The van der Waals surface area contributed by atoms with Crippen LogP contribution in [-0.4, -0.2) is 27.0 Å². The summed E-state index contributed by atoms with van der Waals surface area (Å²) in [6.07, 6.45) is 1.25. The molecule has 0 saturated heterocycles. The number of amides is 1. The smallest absolute Gasteiger partial charge is 0.331 e. The zero-order chi connectivity index (χ0) is 18.8. The van der Waals surface area contributed by atoms with Crippen molar-refractivity contribution in [1.82, 2.24) is 14.0 Å². The van der Waals surface area contributed by atoms with Gasteiger partial charge in [-0.15, -0.1) is 0 Å². The largest absolute Gasteiger partial charge is 0.340 e. The van der Waals surface area contributed by atoms with Crippen molar-refractivity contribution in [3.05, 3.63) is 67.5 Å². The molecule has 2 heterocycles. The zero-order valence-corrected chi connectivity index (χ0v) is 14.9. The van der Waals surface area contributed by atoms with E-state index in [0.717, 1.165) is 15.7 Å². The molecule has 0 atom stereocenters. The lowest BCUT2D eigenvalue weighted by Gasteiger charge is -2.18. The number of hydrogen-bond acceptors (Lipinski definition) is 4. The Morgan fingerprint density at radius 3 is 2.62 bits per heavy atom. The first-order chi connectivity index (χ1) is 12.4. The van der Waals surface area contributed by atoms with E-state index in [0.29, 0.717) is 31.6 Å². The highest BCUT2D eigenvalue weighted by molar-refractivity contribution is 5.75. The van der Waals surface area contributed by atoms with Crippen molar-refractivity contribution in [1.29, 1.82) is 5.26 Å². The van der Waals surface area contributed by atoms with Gasteiger partial charge >= 0.3 is 5.69 Å². The van der Waals surface area contributed by atoms with Crippen LogP contribution in [0.5, 0.6) is 0 Å². The van der Waals surface area contributed by atoms with Gasteiger partial charge < -0.3 is 4.90 Å². The molecule has 2 aromatic rings. The molecule has 0 unspecified atom stereocenters. The number of aryl methyl sites for hydroxylation is 1. The molecule has 0 radical (unpaired) electrons. The van der Waals surface area contributed by atoms with Gasteiger partial charge in [-0.1, -0.05) is 29.8 Å². The maximum absolute atomic E-state index is 12.5. The molecular formula is C19H20N4O3. The lowest BCUT2D eigenvalue weighted by Crippen LogP contribution is -2.45. The number of carbonyl (C=O) groups is 1. The Bertz CT molecular complexity index is 1010. The van der Waals surface area contributed by atoms with Gasteiger partial charge in [0.05, 0.1) is 0 Å². The van der Waals surface area contributed by atoms with Crippen molar-refractivity contribution in [2.75, 3.05) is 7.05 Å². The number of benzene rings is 1. The molecule has 0 fully saturated rings. The Morgan fingerprint density at radius 1 is 1.27 bits per heavy atom. The molecule has 0 spiro atoms. The second kappa shape index (κ2) is 7.00. The third kappa shape index (κ3) is 3.18. The number of aromatic nitrogens is 2. The van der Waals surface area contributed by atoms with Crippen LogP contribution in [0.15, 0.2) is 33.9 Å². The van der Waals surface area contributed by atoms with E-state index < -0.39 is 11.2 Å². The average Bonchev–Trinajstić information content (AvgIpc) is 3.10. The van der Waals surface area contributed by atoms with E-state index in [2.05, 4.69) is 0 Å². The minimum absolute atomic E-state index is 0.0314. The quantitative estimate of drug-likeness (QED) is 0.814. The van der Waals surface area contributed by atoms with Gasteiger partial charge in [0.2, 0.25) is 5.91 Å². The van der Waals surface area contributed by atoms with Gasteiger partial charge in [0, 0.05) is 25.8 Å². The first-order valence-electron chi connectivity index (χ1n) is 8.48. The van der Waals surface area contributed by atoms with Crippen molar-refractivity contribution < 1.29 is 4.79 Å². The standard InChI is InChI=1S/C19H20N4O3/c1-13-5-7-14(8-6-13)11-21(2)17(24)12-23-18(25)15(10-20)16-4-3-9-22(16)19(23)26/h5-8H,3-4,9,11-12H2,1-2H3. The van der Waals surface area contributed by atoms with Gasteiger partial charge in [0.15, 0.2) is 0 Å². The summed E-state index contributed by atoms with van der Waals surface area (Å²) in [4.78, 5) is 39.0. The maximum atomic E-state index is 12.5. The average molecular weight is 352 g/mol. The van der Waals surface area contributed by atoms with Gasteiger partial charge in [-0.3, -0.25) is 14.2 Å². The summed E-state index contributed by atoms with van der Waals surface area (Å²) in [5.41, 5.74) is 1.35. The second-order valence-electron chi connectivity index (χ2n) is 6.60. The maximum Gasteiger partial charge on any atom is 0.331 e. The van der Waals surface area contributed by atoms with E-state index in [1.54, 1.807) is 7.05 Å². The summed E-state index contributed by atoms with van der Waals surface area (Å²) in [6.45, 7) is 2.47. The van der Waals surface area contributed by atoms with E-state index in [9.17, 15) is 19.6 Å². The van der Waals surface area contributed by atoms with Crippen LogP contribution in [0.2, 0.25) is 0 Å². The number of nitriles is 1. The lowest BCUT2D eigenvalue weighted by molar-refractivity contribution is -0.131. The van der Waals surface area contributed by atoms with Crippen molar-refractivity contribution in [2.24, 2.45) is 0 Å². The lowest BCUT2D eigenvalue weighted by atomic mass is 10.1. The summed E-state index contributed by atoms with van der Waals surface area (Å²) in [6, 6.07) is 9.69. The fourth-order valence-corrected chi connectivity index (χ4v) is 3.20. The predicted octanol–water partition coefficient (Wildman–Crippen LogP) is 0.795. The molecule has 0 N–H and O–H groups in total. The van der Waals surface area contributed by atoms with E-state index in [4.69, 9.17) is 0 Å². The molecule has 1 amide bonds. The van der Waals surface area contributed by atoms with Gasteiger partial charge in [-0.2, -0.15) is 5.26 Å². The van der Waals surface area contributed by atoms with Crippen LogP contribution < -0.4 is 11.2 Å². The van der Waals surface area contributed by atoms with Crippen LogP contribution in [-0.2, 0) is 30.8 Å².